The van der Waals surface area contributed by atoms with E-state index in [4.69, 9.17) is 5.26 Å². The molecule has 1 fully saturated rings. The zero-order valence-corrected chi connectivity index (χ0v) is 9.75. The normalized spacial score (nSPS) is 25.3. The van der Waals surface area contributed by atoms with Gasteiger partial charge in [0.05, 0.1) is 6.07 Å². The van der Waals surface area contributed by atoms with Crippen LogP contribution < -0.4 is 0 Å². The first-order chi connectivity index (χ1) is 7.36. The standard InChI is InChI=1S/C14H23N/c1-2-13-9-10-14(12-13)8-6-4-3-5-7-11-15/h10,13-14H,1-9,12H2. The minimum Gasteiger partial charge on any atom is -0.198 e. The van der Waals surface area contributed by atoms with Crippen LogP contribution in [0.15, 0.2) is 0 Å². The molecule has 0 saturated heterocycles. The summed E-state index contributed by atoms with van der Waals surface area (Å²) in [5.74, 6) is 1.74. The van der Waals surface area contributed by atoms with Gasteiger partial charge >= 0.3 is 0 Å². The number of nitrogens with zero attached hydrogens (tertiary/aromatic N) is 1. The van der Waals surface area contributed by atoms with Crippen LogP contribution in [0.4, 0.5) is 0 Å². The van der Waals surface area contributed by atoms with E-state index >= 15 is 0 Å². The Morgan fingerprint density at radius 1 is 1.27 bits per heavy atom. The molecule has 0 aromatic rings. The highest BCUT2D eigenvalue weighted by Gasteiger charge is 2.22. The van der Waals surface area contributed by atoms with Crippen molar-refractivity contribution in [3.8, 4) is 6.07 Å². The number of nitriles is 1. The lowest BCUT2D eigenvalue weighted by molar-refractivity contribution is 0.460. The first-order valence-corrected chi connectivity index (χ1v) is 6.36. The summed E-state index contributed by atoms with van der Waals surface area (Å²) < 4.78 is 0. The zero-order chi connectivity index (χ0) is 10.9. The molecule has 0 aromatic carbocycles. The van der Waals surface area contributed by atoms with Gasteiger partial charge in [-0.3, -0.25) is 0 Å². The van der Waals surface area contributed by atoms with Crippen molar-refractivity contribution in [3.05, 3.63) is 13.3 Å². The predicted molar refractivity (Wildman–Crippen MR) is 63.8 cm³/mol. The quantitative estimate of drug-likeness (QED) is 0.568. The van der Waals surface area contributed by atoms with Gasteiger partial charge in [-0.25, -0.2) is 0 Å². The molecule has 84 valence electrons. The molecule has 0 aromatic heterocycles. The summed E-state index contributed by atoms with van der Waals surface area (Å²) in [4.78, 5) is 0. The van der Waals surface area contributed by atoms with Crippen LogP contribution in [0.5, 0.6) is 0 Å². The molecule has 0 aliphatic heterocycles. The van der Waals surface area contributed by atoms with Crippen LogP contribution in [-0.4, -0.2) is 0 Å². The van der Waals surface area contributed by atoms with Crippen LogP contribution in [0.2, 0.25) is 0 Å². The van der Waals surface area contributed by atoms with E-state index in [-0.39, 0.29) is 0 Å². The maximum absolute atomic E-state index is 8.39. The summed E-state index contributed by atoms with van der Waals surface area (Å²) in [5.41, 5.74) is 0. The van der Waals surface area contributed by atoms with Crippen molar-refractivity contribution in [1.29, 1.82) is 5.26 Å². The molecule has 0 amide bonds. The summed E-state index contributed by atoms with van der Waals surface area (Å²) in [7, 11) is 0. The van der Waals surface area contributed by atoms with Crippen LogP contribution in [0.3, 0.4) is 0 Å². The van der Waals surface area contributed by atoms with E-state index in [0.717, 1.165) is 31.1 Å². The topological polar surface area (TPSA) is 23.8 Å². The third-order valence-electron chi connectivity index (χ3n) is 3.46. The second kappa shape index (κ2) is 7.74. The van der Waals surface area contributed by atoms with Crippen molar-refractivity contribution >= 4 is 0 Å². The summed E-state index contributed by atoms with van der Waals surface area (Å²) in [6.07, 6.45) is 13.4. The Morgan fingerprint density at radius 2 is 2.07 bits per heavy atom. The molecule has 1 heteroatoms. The minimum atomic E-state index is 0.735. The van der Waals surface area contributed by atoms with Crippen LogP contribution in [0, 0.1) is 36.5 Å². The van der Waals surface area contributed by atoms with Crippen LogP contribution >= 0.6 is 0 Å². The lowest BCUT2D eigenvalue weighted by Crippen LogP contribution is -1.96. The maximum atomic E-state index is 8.39. The SMILES string of the molecule is [CH2]CC1C[CH]C(CCCCCCC#N)C1. The monoisotopic (exact) mass is 205 g/mol. The molecule has 0 bridgehead atoms. The molecule has 0 spiro atoms. The molecule has 1 aliphatic rings. The van der Waals surface area contributed by atoms with Gasteiger partial charge in [0.15, 0.2) is 0 Å². The van der Waals surface area contributed by atoms with E-state index in [0.29, 0.717) is 0 Å². The predicted octanol–water partition coefficient (Wildman–Crippen LogP) is 4.31. The van der Waals surface area contributed by atoms with E-state index in [1.807, 2.05) is 0 Å². The molecule has 1 saturated carbocycles. The third kappa shape index (κ3) is 5.21. The Balaban J connectivity index is 1.91. The Morgan fingerprint density at radius 3 is 2.73 bits per heavy atom. The fourth-order valence-corrected chi connectivity index (χ4v) is 2.44. The lowest BCUT2D eigenvalue weighted by Gasteiger charge is -2.09. The van der Waals surface area contributed by atoms with Crippen molar-refractivity contribution in [2.45, 2.75) is 57.8 Å². The van der Waals surface area contributed by atoms with Gasteiger partial charge in [-0.2, -0.15) is 5.26 Å². The van der Waals surface area contributed by atoms with Crippen molar-refractivity contribution < 1.29 is 0 Å². The number of unbranched alkanes of at least 4 members (excludes halogenated alkanes) is 4. The van der Waals surface area contributed by atoms with Gasteiger partial charge in [0, 0.05) is 6.42 Å². The molecule has 2 unspecified atom stereocenters. The van der Waals surface area contributed by atoms with E-state index in [1.54, 1.807) is 0 Å². The second-order valence-electron chi connectivity index (χ2n) is 4.73. The van der Waals surface area contributed by atoms with Gasteiger partial charge in [0.25, 0.3) is 0 Å². The lowest BCUT2D eigenvalue weighted by atomic mass is 9.97. The van der Waals surface area contributed by atoms with Crippen LogP contribution in [-0.2, 0) is 0 Å². The largest absolute Gasteiger partial charge is 0.198 e. The van der Waals surface area contributed by atoms with Crippen molar-refractivity contribution in [1.82, 2.24) is 0 Å². The Bertz CT molecular complexity index is 192. The maximum Gasteiger partial charge on any atom is 0.0621 e. The first-order valence-electron chi connectivity index (χ1n) is 6.36. The average molecular weight is 205 g/mol. The summed E-state index contributed by atoms with van der Waals surface area (Å²) in [6.45, 7) is 3.98. The van der Waals surface area contributed by atoms with E-state index < -0.39 is 0 Å². The van der Waals surface area contributed by atoms with Crippen molar-refractivity contribution in [2.24, 2.45) is 11.8 Å². The van der Waals surface area contributed by atoms with Gasteiger partial charge in [0.1, 0.15) is 0 Å². The summed E-state index contributed by atoms with van der Waals surface area (Å²) in [6, 6.07) is 2.20. The zero-order valence-electron chi connectivity index (χ0n) is 9.75. The number of hydrogen-bond donors (Lipinski definition) is 0. The van der Waals surface area contributed by atoms with Gasteiger partial charge < -0.3 is 0 Å². The highest BCUT2D eigenvalue weighted by Crippen LogP contribution is 2.34. The molecule has 15 heavy (non-hydrogen) atoms. The Hall–Kier alpha value is -0.510. The Labute approximate surface area is 94.9 Å². The van der Waals surface area contributed by atoms with Gasteiger partial charge in [-0.1, -0.05) is 39.0 Å². The van der Waals surface area contributed by atoms with E-state index in [2.05, 4.69) is 19.4 Å². The van der Waals surface area contributed by atoms with E-state index in [1.165, 1.54) is 38.5 Å². The molecule has 1 aliphatic carbocycles. The number of hydrogen-bond acceptors (Lipinski definition) is 1. The van der Waals surface area contributed by atoms with Crippen molar-refractivity contribution in [2.75, 3.05) is 0 Å². The Kier molecular flexibility index (Phi) is 6.48. The van der Waals surface area contributed by atoms with Crippen LogP contribution in [0.25, 0.3) is 0 Å². The van der Waals surface area contributed by atoms with Gasteiger partial charge in [0.2, 0.25) is 0 Å². The highest BCUT2D eigenvalue weighted by atomic mass is 14.3. The highest BCUT2D eigenvalue weighted by molar-refractivity contribution is 4.89. The molecule has 0 N–H and O–H groups in total. The fourth-order valence-electron chi connectivity index (χ4n) is 2.44. The van der Waals surface area contributed by atoms with E-state index in [9.17, 15) is 0 Å². The van der Waals surface area contributed by atoms with Gasteiger partial charge in [-0.15, -0.1) is 0 Å². The van der Waals surface area contributed by atoms with Gasteiger partial charge in [-0.05, 0) is 37.5 Å². The molecule has 1 rings (SSSR count). The first kappa shape index (κ1) is 12.6. The summed E-state index contributed by atoms with van der Waals surface area (Å²) in [5, 5.41) is 8.39. The smallest absolute Gasteiger partial charge is 0.0621 e. The fraction of sp³-hybridized carbons (Fsp3) is 0.786. The summed E-state index contributed by atoms with van der Waals surface area (Å²) >= 11 is 0. The third-order valence-corrected chi connectivity index (χ3v) is 3.46. The molecular formula is C14H23N. The van der Waals surface area contributed by atoms with Crippen LogP contribution in [0.1, 0.15) is 57.8 Å². The minimum absolute atomic E-state index is 0.735. The molecule has 1 nitrogen and oxygen atoms in total. The molecule has 2 atom stereocenters. The second-order valence-corrected chi connectivity index (χ2v) is 4.73. The molecule has 0 heterocycles. The van der Waals surface area contributed by atoms with Crippen molar-refractivity contribution in [3.63, 3.8) is 0 Å². The molecular weight excluding hydrogens is 182 g/mol. The molecule has 2 radical (unpaired) electrons. The average Bonchev–Trinajstić information content (AvgIpc) is 2.71. The number of rotatable bonds is 7.